The Morgan fingerprint density at radius 2 is 1.45 bits per heavy atom. The first-order chi connectivity index (χ1) is 14.8. The Morgan fingerprint density at radius 3 is 1.81 bits per heavy atom. The highest BCUT2D eigenvalue weighted by atomic mass is 16.2. The van der Waals surface area contributed by atoms with E-state index in [1.165, 1.54) is 0 Å². The van der Waals surface area contributed by atoms with Gasteiger partial charge in [-0.2, -0.15) is 0 Å². The number of nitrogens with two attached hydrogens (primary N) is 2. The lowest BCUT2D eigenvalue weighted by Crippen LogP contribution is -2.46. The summed E-state index contributed by atoms with van der Waals surface area (Å²) in [5.41, 5.74) is 17.5. The van der Waals surface area contributed by atoms with Gasteiger partial charge < -0.3 is 22.1 Å². The molecule has 0 bridgehead atoms. The van der Waals surface area contributed by atoms with E-state index in [0.717, 1.165) is 22.3 Å². The first-order valence-corrected chi connectivity index (χ1v) is 10.5. The van der Waals surface area contributed by atoms with Crippen molar-refractivity contribution in [1.82, 2.24) is 10.6 Å². The molecule has 0 radical (unpaired) electrons. The van der Waals surface area contributed by atoms with Crippen LogP contribution in [0.3, 0.4) is 0 Å². The van der Waals surface area contributed by atoms with Gasteiger partial charge in [0.15, 0.2) is 0 Å². The number of nitrogens with one attached hydrogen (secondary N) is 2. The molecule has 164 valence electrons. The third kappa shape index (κ3) is 3.93. The molecule has 0 unspecified atom stereocenters. The van der Waals surface area contributed by atoms with Crippen molar-refractivity contribution in [3.63, 3.8) is 0 Å². The van der Waals surface area contributed by atoms with Gasteiger partial charge in [-0.05, 0) is 72.7 Å². The van der Waals surface area contributed by atoms with Crippen molar-refractivity contribution in [3.05, 3.63) is 69.8 Å². The molecule has 0 fully saturated rings. The van der Waals surface area contributed by atoms with Crippen LogP contribution in [0.5, 0.6) is 0 Å². The third-order valence-corrected chi connectivity index (χ3v) is 6.08. The fourth-order valence-corrected chi connectivity index (χ4v) is 4.69. The number of carbonyl (C=O) groups is 2. The number of rotatable bonds is 5. The molecule has 1 aliphatic carbocycles. The van der Waals surface area contributed by atoms with E-state index in [9.17, 15) is 9.59 Å². The van der Waals surface area contributed by atoms with Gasteiger partial charge in [0.05, 0.1) is 5.41 Å². The molecule has 0 saturated heterocycles. The number of hydrogen-bond donors (Lipinski definition) is 4. The van der Waals surface area contributed by atoms with Gasteiger partial charge in [0.25, 0.3) is 11.8 Å². The Balaban J connectivity index is 2.34. The smallest absolute Gasteiger partial charge is 0.251 e. The van der Waals surface area contributed by atoms with E-state index in [0.29, 0.717) is 36.2 Å². The fraction of sp³-hybridized carbons (Fsp3) is 0.375. The number of carbonyl (C=O) groups excluding carboxylic acids is 2. The van der Waals surface area contributed by atoms with E-state index >= 15 is 0 Å². The number of amides is 2. The standard InChI is InChI=1S/C24H31N5O2/c1-14(25)13-24(23(26)29-4)19-9-7-17(21(30)27-2)11-15(19)5-6-16-12-18(22(31)28-3)8-10-20(16)24/h7-12,14H,5-6,13,25H2,1-4H3,(H2,26,29)(H,27,30)(H,28,31)/t14-/m0/s1. The second-order valence-corrected chi connectivity index (χ2v) is 8.10. The maximum absolute atomic E-state index is 12.3. The molecule has 7 nitrogen and oxygen atoms in total. The van der Waals surface area contributed by atoms with Crippen LogP contribution in [0.1, 0.15) is 56.3 Å². The number of amidine groups is 1. The lowest BCUT2D eigenvalue weighted by atomic mass is 9.67. The molecule has 31 heavy (non-hydrogen) atoms. The zero-order valence-electron chi connectivity index (χ0n) is 18.6. The van der Waals surface area contributed by atoms with Crippen LogP contribution < -0.4 is 22.1 Å². The molecular formula is C24H31N5O2. The number of hydrogen-bond acceptors (Lipinski definition) is 4. The normalized spacial score (nSPS) is 15.8. The highest BCUT2D eigenvalue weighted by Gasteiger charge is 2.43. The average molecular weight is 422 g/mol. The second-order valence-electron chi connectivity index (χ2n) is 8.10. The number of nitrogens with zero attached hydrogens (tertiary/aromatic N) is 1. The highest BCUT2D eigenvalue weighted by Crippen LogP contribution is 2.43. The Kier molecular flexibility index (Phi) is 6.45. The number of aliphatic imine (C=N–C) groups is 1. The molecule has 2 aromatic carbocycles. The predicted octanol–water partition coefficient (Wildman–Crippen LogP) is 1.51. The van der Waals surface area contributed by atoms with Crippen molar-refractivity contribution >= 4 is 17.6 Å². The van der Waals surface area contributed by atoms with Gasteiger partial charge in [-0.1, -0.05) is 12.1 Å². The monoisotopic (exact) mass is 421 g/mol. The van der Waals surface area contributed by atoms with E-state index in [2.05, 4.69) is 15.6 Å². The predicted molar refractivity (Wildman–Crippen MR) is 124 cm³/mol. The lowest BCUT2D eigenvalue weighted by molar-refractivity contribution is 0.0955. The third-order valence-electron chi connectivity index (χ3n) is 6.08. The molecule has 1 atom stereocenters. The fourth-order valence-electron chi connectivity index (χ4n) is 4.69. The summed E-state index contributed by atoms with van der Waals surface area (Å²) in [4.78, 5) is 28.9. The molecule has 1 aliphatic rings. The summed E-state index contributed by atoms with van der Waals surface area (Å²) in [5, 5.41) is 5.36. The van der Waals surface area contributed by atoms with Crippen LogP contribution in [0, 0.1) is 0 Å². The van der Waals surface area contributed by atoms with Crippen molar-refractivity contribution in [2.45, 2.75) is 37.6 Å². The molecule has 0 aliphatic heterocycles. The SMILES string of the molecule is CN=C(N)C1(C[C@H](C)N)c2ccc(C(=O)NC)cc2CCc2cc(C(=O)NC)ccc21. The van der Waals surface area contributed by atoms with Gasteiger partial charge in [-0.25, -0.2) is 0 Å². The summed E-state index contributed by atoms with van der Waals surface area (Å²) >= 11 is 0. The Morgan fingerprint density at radius 1 is 1.00 bits per heavy atom. The molecule has 7 heteroatoms. The molecule has 0 saturated carbocycles. The Bertz CT molecular complexity index is 975. The van der Waals surface area contributed by atoms with Crippen molar-refractivity contribution < 1.29 is 9.59 Å². The van der Waals surface area contributed by atoms with E-state index in [1.54, 1.807) is 21.1 Å². The zero-order chi connectivity index (χ0) is 22.8. The van der Waals surface area contributed by atoms with Gasteiger partial charge in [0, 0.05) is 38.3 Å². The summed E-state index contributed by atoms with van der Waals surface area (Å²) in [6, 6.07) is 11.3. The van der Waals surface area contributed by atoms with Crippen LogP contribution in [-0.4, -0.2) is 44.8 Å². The van der Waals surface area contributed by atoms with Gasteiger partial charge in [0.1, 0.15) is 5.84 Å². The van der Waals surface area contributed by atoms with E-state index < -0.39 is 5.41 Å². The summed E-state index contributed by atoms with van der Waals surface area (Å²) in [5.74, 6) is 0.192. The first kappa shape index (κ1) is 22.5. The summed E-state index contributed by atoms with van der Waals surface area (Å²) in [6.45, 7) is 1.95. The minimum absolute atomic E-state index is 0.138. The van der Waals surface area contributed by atoms with Crippen molar-refractivity contribution in [2.24, 2.45) is 16.5 Å². The van der Waals surface area contributed by atoms with Crippen molar-refractivity contribution in [1.29, 1.82) is 0 Å². The van der Waals surface area contributed by atoms with Crippen LogP contribution in [0.2, 0.25) is 0 Å². The van der Waals surface area contributed by atoms with Gasteiger partial charge in [-0.15, -0.1) is 0 Å². The van der Waals surface area contributed by atoms with Gasteiger partial charge >= 0.3 is 0 Å². The van der Waals surface area contributed by atoms with E-state index in [4.69, 9.17) is 11.5 Å². The van der Waals surface area contributed by atoms with Crippen LogP contribution in [0.25, 0.3) is 0 Å². The minimum Gasteiger partial charge on any atom is -0.386 e. The Hall–Kier alpha value is -3.19. The summed E-state index contributed by atoms with van der Waals surface area (Å²) < 4.78 is 0. The number of fused-ring (bicyclic) bond motifs is 2. The van der Waals surface area contributed by atoms with Crippen molar-refractivity contribution in [2.75, 3.05) is 21.1 Å². The molecule has 2 amide bonds. The largest absolute Gasteiger partial charge is 0.386 e. The summed E-state index contributed by atoms with van der Waals surface area (Å²) in [7, 11) is 4.92. The highest BCUT2D eigenvalue weighted by molar-refractivity contribution is 5.99. The number of benzene rings is 2. The maximum atomic E-state index is 12.3. The quantitative estimate of drug-likeness (QED) is 0.432. The minimum atomic E-state index is -0.744. The average Bonchev–Trinajstić information content (AvgIpc) is 2.91. The van der Waals surface area contributed by atoms with E-state index in [1.807, 2.05) is 43.3 Å². The van der Waals surface area contributed by atoms with Crippen molar-refractivity contribution in [3.8, 4) is 0 Å². The van der Waals surface area contributed by atoms with Crippen LogP contribution in [0.4, 0.5) is 0 Å². The molecular weight excluding hydrogens is 390 g/mol. The van der Waals surface area contributed by atoms with Gasteiger partial charge in [0.2, 0.25) is 0 Å². The molecule has 0 spiro atoms. The zero-order valence-corrected chi connectivity index (χ0v) is 18.6. The first-order valence-electron chi connectivity index (χ1n) is 10.5. The summed E-state index contributed by atoms with van der Waals surface area (Å²) in [6.07, 6.45) is 1.97. The van der Waals surface area contributed by atoms with Gasteiger partial charge in [-0.3, -0.25) is 14.6 Å². The molecule has 0 aromatic heterocycles. The Labute approximate surface area is 183 Å². The molecule has 0 heterocycles. The van der Waals surface area contributed by atoms with Crippen LogP contribution in [0.15, 0.2) is 41.4 Å². The number of aryl methyl sites for hydroxylation is 2. The van der Waals surface area contributed by atoms with Crippen LogP contribution >= 0.6 is 0 Å². The van der Waals surface area contributed by atoms with Crippen LogP contribution in [-0.2, 0) is 18.3 Å². The second kappa shape index (κ2) is 8.89. The maximum Gasteiger partial charge on any atom is 0.251 e. The molecule has 6 N–H and O–H groups in total. The molecule has 2 aromatic rings. The topological polar surface area (TPSA) is 123 Å². The van der Waals surface area contributed by atoms with E-state index in [-0.39, 0.29) is 17.9 Å². The molecule has 3 rings (SSSR count). The lowest BCUT2D eigenvalue weighted by Gasteiger charge is -2.37.